The smallest absolute Gasteiger partial charge is 0.858 e. The molecule has 5 rings (SSSR count). The molecular weight excluding hydrogens is 565 g/mol. The van der Waals surface area contributed by atoms with Crippen molar-refractivity contribution in [2.45, 2.75) is 32.2 Å². The molecule has 4 N–H and O–H groups in total. The van der Waals surface area contributed by atoms with Crippen molar-refractivity contribution in [3.05, 3.63) is 117 Å². The van der Waals surface area contributed by atoms with Gasteiger partial charge in [0.05, 0.1) is 29.0 Å². The summed E-state index contributed by atoms with van der Waals surface area (Å²) in [5, 5.41) is 15.8. The second-order valence-corrected chi connectivity index (χ2v) is 11.3. The van der Waals surface area contributed by atoms with Crippen LogP contribution in [0.15, 0.2) is 76.6 Å². The van der Waals surface area contributed by atoms with E-state index in [0.29, 0.717) is 16.8 Å². The van der Waals surface area contributed by atoms with Gasteiger partial charge in [-0.05, 0) is 60.6 Å². The van der Waals surface area contributed by atoms with Gasteiger partial charge < -0.3 is 16.2 Å². The Labute approximate surface area is 265 Å². The minimum absolute atomic E-state index is 0. The monoisotopic (exact) mass is 591 g/mol. The van der Waals surface area contributed by atoms with Crippen LogP contribution in [0.2, 0.25) is 0 Å². The second kappa shape index (κ2) is 11.8. The normalized spacial score (nSPS) is 12.8. The first-order valence-corrected chi connectivity index (χ1v) is 14.1. The molecule has 4 aromatic carbocycles. The first-order valence-electron chi connectivity index (χ1n) is 12.7. The number of hydrogen-bond acceptors (Lipinski definition) is 8. The molecule has 0 bridgehead atoms. The van der Waals surface area contributed by atoms with Crippen LogP contribution in [0.4, 0.5) is 17.1 Å². The van der Waals surface area contributed by atoms with Crippen LogP contribution < -0.4 is 45.7 Å². The van der Waals surface area contributed by atoms with Crippen molar-refractivity contribution in [2.75, 3.05) is 11.1 Å². The molecule has 0 saturated heterocycles. The number of fused-ring (bicyclic) bond motifs is 2. The predicted molar refractivity (Wildman–Crippen MR) is 155 cm³/mol. The summed E-state index contributed by atoms with van der Waals surface area (Å²) in [5.41, 5.74) is 9.54. The number of nitrogen functional groups attached to an aromatic ring is 1. The molecule has 0 heterocycles. The first kappa shape index (κ1) is 31.1. The molecule has 42 heavy (non-hydrogen) atoms. The minimum atomic E-state index is -4.86. The fourth-order valence-corrected chi connectivity index (χ4v) is 5.87. The number of nitrogens with two attached hydrogens (primary N) is 1. The molecule has 0 amide bonds. The van der Waals surface area contributed by atoms with Crippen molar-refractivity contribution in [1.29, 1.82) is 0 Å². The van der Waals surface area contributed by atoms with Gasteiger partial charge in [0.1, 0.15) is 4.90 Å². The number of benzene rings is 4. The number of anilines is 3. The van der Waals surface area contributed by atoms with Crippen LogP contribution in [0.3, 0.4) is 0 Å². The van der Waals surface area contributed by atoms with Gasteiger partial charge in [-0.15, -0.1) is 0 Å². The second-order valence-electron chi connectivity index (χ2n) is 9.87. The van der Waals surface area contributed by atoms with E-state index < -0.39 is 32.3 Å². The number of hydrogen-bond donors (Lipinski definition) is 3. The summed E-state index contributed by atoms with van der Waals surface area (Å²) >= 11 is 0. The third-order valence-electron chi connectivity index (χ3n) is 7.27. The largest absolute Gasteiger partial charge is 1.00 e. The van der Waals surface area contributed by atoms with Crippen LogP contribution in [-0.2, 0) is 16.7 Å². The molecule has 1 aliphatic rings. The van der Waals surface area contributed by atoms with Crippen LogP contribution in [-0.4, -0.2) is 30.4 Å². The van der Waals surface area contributed by atoms with Gasteiger partial charge >= 0.3 is 29.6 Å². The number of ketones is 2. The summed E-state index contributed by atoms with van der Waals surface area (Å²) in [4.78, 5) is 30.7. The van der Waals surface area contributed by atoms with E-state index in [-0.39, 0.29) is 69.9 Å². The number of aryl methyl sites for hydroxylation is 2. The number of rotatable bonds is 6. The Bertz CT molecular complexity index is 1900. The standard InChI is InChI=1S/C31H27N3O6S.Na/c1-16-13-17(2)28(18(3)22(16)15-33-31(37)19-9-5-4-6-10-19)34-23-14-24(41(38,39)40)27(32)26-25(23)29(35)20-11-7-8-12-21(20)30(26)36;/h4-14,34H,15,32H2,1-3H3,(H,33,37)(H,38,39,40);/q;+1/p-1. The maximum absolute atomic E-state index is 13.7. The van der Waals surface area contributed by atoms with Gasteiger partial charge in [0.25, 0.3) is 10.1 Å². The average Bonchev–Trinajstić information content (AvgIpc) is 2.94. The predicted octanol–water partition coefficient (Wildman–Crippen LogP) is 1.27. The number of carbonyl (C=O) groups is 2. The van der Waals surface area contributed by atoms with Crippen molar-refractivity contribution < 1.29 is 57.2 Å². The Hall–Kier alpha value is -3.80. The van der Waals surface area contributed by atoms with Gasteiger partial charge in [0.2, 0.25) is 0 Å². The summed E-state index contributed by atoms with van der Waals surface area (Å²) in [5.74, 6) is -1.51. The van der Waals surface area contributed by atoms with E-state index in [9.17, 15) is 27.7 Å². The number of carbonyl (C=O) groups excluding carboxylic acids is 2. The molecule has 0 aromatic heterocycles. The van der Waals surface area contributed by atoms with Crippen molar-refractivity contribution in [2.24, 2.45) is 4.99 Å². The fourth-order valence-electron chi connectivity index (χ4n) is 5.23. The van der Waals surface area contributed by atoms with Gasteiger partial charge in [-0.2, -0.15) is 8.42 Å². The topological polar surface area (TPSA) is 162 Å². The minimum Gasteiger partial charge on any atom is -0.858 e. The van der Waals surface area contributed by atoms with Gasteiger partial charge in [0, 0.05) is 16.8 Å². The van der Waals surface area contributed by atoms with Crippen molar-refractivity contribution in [3.63, 3.8) is 0 Å². The van der Waals surface area contributed by atoms with E-state index in [4.69, 9.17) is 5.73 Å². The SMILES string of the molecule is Cc1cc(C)c(Nc2cc(S(=O)(=O)O)c(N)c3c2C(=O)c2ccccc2C3=O)c(C)c1CN=C([O-])c1ccccc1.[Na+]. The van der Waals surface area contributed by atoms with Crippen LogP contribution in [0, 0.1) is 20.8 Å². The van der Waals surface area contributed by atoms with Crippen LogP contribution in [0.5, 0.6) is 0 Å². The van der Waals surface area contributed by atoms with Gasteiger partial charge in [-0.3, -0.25) is 19.1 Å². The number of nitrogens with one attached hydrogen (secondary N) is 1. The number of aliphatic imine (C=N–C) groups is 1. The van der Waals surface area contributed by atoms with Crippen molar-refractivity contribution in [1.82, 2.24) is 0 Å². The number of nitrogens with zero attached hydrogens (tertiary/aromatic N) is 1. The molecular formula is C31H26N3NaO6S. The zero-order valence-electron chi connectivity index (χ0n) is 23.5. The molecule has 208 valence electrons. The van der Waals surface area contributed by atoms with E-state index in [1.165, 1.54) is 12.1 Å². The van der Waals surface area contributed by atoms with Crippen LogP contribution >= 0.6 is 0 Å². The molecule has 0 fully saturated rings. The van der Waals surface area contributed by atoms with Gasteiger partial charge in [-0.25, -0.2) is 0 Å². The molecule has 0 atom stereocenters. The molecule has 11 heteroatoms. The zero-order valence-corrected chi connectivity index (χ0v) is 26.3. The average molecular weight is 592 g/mol. The molecule has 0 aliphatic heterocycles. The molecule has 1 aliphatic carbocycles. The van der Waals surface area contributed by atoms with E-state index in [1.54, 1.807) is 36.4 Å². The van der Waals surface area contributed by atoms with E-state index in [2.05, 4.69) is 10.3 Å². The summed E-state index contributed by atoms with van der Waals surface area (Å²) in [7, 11) is -4.86. The Morgan fingerprint density at radius 2 is 1.48 bits per heavy atom. The molecule has 0 spiro atoms. The molecule has 0 saturated carbocycles. The third kappa shape index (κ3) is 5.51. The molecule has 4 aromatic rings. The fraction of sp³-hybridized carbons (Fsp3) is 0.129. The summed E-state index contributed by atoms with van der Waals surface area (Å²) in [6, 6.07) is 17.8. The third-order valence-corrected chi connectivity index (χ3v) is 8.16. The Morgan fingerprint density at radius 1 is 0.905 bits per heavy atom. The van der Waals surface area contributed by atoms with Crippen molar-refractivity contribution >= 4 is 44.6 Å². The van der Waals surface area contributed by atoms with Crippen molar-refractivity contribution in [3.8, 4) is 0 Å². The zero-order chi connectivity index (χ0) is 29.6. The van der Waals surface area contributed by atoms with Gasteiger partial charge in [-0.1, -0.05) is 60.7 Å². The van der Waals surface area contributed by atoms with E-state index in [1.807, 2.05) is 32.9 Å². The maximum Gasteiger partial charge on any atom is 1.00 e. The Kier molecular flexibility index (Phi) is 8.77. The summed E-state index contributed by atoms with van der Waals surface area (Å²) < 4.78 is 34.5. The molecule has 0 radical (unpaired) electrons. The summed E-state index contributed by atoms with van der Waals surface area (Å²) in [6.07, 6.45) is 0. The maximum atomic E-state index is 13.7. The Morgan fingerprint density at radius 3 is 2.07 bits per heavy atom. The molecule has 0 unspecified atom stereocenters. The van der Waals surface area contributed by atoms with Gasteiger partial charge in [0.15, 0.2) is 11.6 Å². The first-order chi connectivity index (χ1) is 19.4. The summed E-state index contributed by atoms with van der Waals surface area (Å²) in [6.45, 7) is 5.62. The van der Waals surface area contributed by atoms with E-state index in [0.717, 1.165) is 22.8 Å². The quantitative estimate of drug-likeness (QED) is 0.0875. The molecule has 9 nitrogen and oxygen atoms in total. The van der Waals surface area contributed by atoms with Crippen LogP contribution in [0.25, 0.3) is 0 Å². The Balaban J connectivity index is 0.00000405. The van der Waals surface area contributed by atoms with E-state index >= 15 is 0 Å². The van der Waals surface area contributed by atoms with Crippen LogP contribution in [0.1, 0.15) is 59.7 Å².